The lowest BCUT2D eigenvalue weighted by Crippen LogP contribution is -2.36. The summed E-state index contributed by atoms with van der Waals surface area (Å²) in [5, 5.41) is 3.90. The number of ether oxygens (including phenoxy) is 1. The van der Waals surface area contributed by atoms with Gasteiger partial charge in [-0.05, 0) is 5.56 Å². The van der Waals surface area contributed by atoms with Gasteiger partial charge in [-0.2, -0.15) is 0 Å². The number of thiazole rings is 1. The predicted molar refractivity (Wildman–Crippen MR) is 86.7 cm³/mol. The van der Waals surface area contributed by atoms with Crippen LogP contribution in [0.4, 0.5) is 10.9 Å². The second-order valence-corrected chi connectivity index (χ2v) is 6.53. The standard InChI is InChI=1S/C16H17N3O2S/c20-13-10-12(11-4-2-1-3-5-11)14-15(17-13)18-16(22-14)19-6-8-21-9-7-19/h1-5,12H,6-10H2,(H,17,20)/t12-/m1/s1. The van der Waals surface area contributed by atoms with Crippen LogP contribution in [0.25, 0.3) is 0 Å². The lowest BCUT2D eigenvalue weighted by atomic mass is 9.92. The second kappa shape index (κ2) is 5.70. The maximum atomic E-state index is 12.0. The van der Waals surface area contributed by atoms with E-state index in [4.69, 9.17) is 4.74 Å². The number of benzene rings is 1. The fourth-order valence-corrected chi connectivity index (χ4v) is 4.15. The van der Waals surface area contributed by atoms with E-state index in [-0.39, 0.29) is 11.8 Å². The molecule has 0 radical (unpaired) electrons. The Hall–Kier alpha value is -1.92. The van der Waals surface area contributed by atoms with Crippen LogP contribution < -0.4 is 10.2 Å². The highest BCUT2D eigenvalue weighted by Crippen LogP contribution is 2.43. The molecule has 1 fully saturated rings. The van der Waals surface area contributed by atoms with Crippen LogP contribution in [0.5, 0.6) is 0 Å². The molecule has 1 amide bonds. The Labute approximate surface area is 132 Å². The zero-order chi connectivity index (χ0) is 14.9. The zero-order valence-electron chi connectivity index (χ0n) is 12.1. The summed E-state index contributed by atoms with van der Waals surface area (Å²) in [7, 11) is 0. The normalized spacial score (nSPS) is 21.4. The summed E-state index contributed by atoms with van der Waals surface area (Å²) in [4.78, 5) is 20.1. The molecule has 2 aliphatic heterocycles. The van der Waals surface area contributed by atoms with Crippen LogP contribution in [0.1, 0.15) is 22.8 Å². The van der Waals surface area contributed by atoms with Crippen molar-refractivity contribution in [2.45, 2.75) is 12.3 Å². The highest BCUT2D eigenvalue weighted by atomic mass is 32.1. The maximum Gasteiger partial charge on any atom is 0.226 e. The molecule has 114 valence electrons. The Kier molecular flexibility index (Phi) is 3.56. The molecule has 0 unspecified atom stereocenters. The average Bonchev–Trinajstić information content (AvgIpc) is 2.99. The molecular weight excluding hydrogens is 298 g/mol. The Morgan fingerprint density at radius 2 is 2.00 bits per heavy atom. The molecule has 3 heterocycles. The van der Waals surface area contributed by atoms with Gasteiger partial charge >= 0.3 is 0 Å². The molecule has 0 saturated carbocycles. The smallest absolute Gasteiger partial charge is 0.226 e. The van der Waals surface area contributed by atoms with Crippen LogP contribution in [0, 0.1) is 0 Å². The zero-order valence-corrected chi connectivity index (χ0v) is 12.9. The van der Waals surface area contributed by atoms with Gasteiger partial charge in [0.25, 0.3) is 0 Å². The molecule has 0 spiro atoms. The van der Waals surface area contributed by atoms with Gasteiger partial charge in [0.2, 0.25) is 5.91 Å². The third kappa shape index (κ3) is 2.48. The van der Waals surface area contributed by atoms with Crippen molar-refractivity contribution in [3.05, 3.63) is 40.8 Å². The number of fused-ring (bicyclic) bond motifs is 1. The molecule has 1 atom stereocenters. The molecule has 1 aromatic heterocycles. The summed E-state index contributed by atoms with van der Waals surface area (Å²) in [5.74, 6) is 0.883. The van der Waals surface area contributed by atoms with Crippen LogP contribution in [0.15, 0.2) is 30.3 Å². The van der Waals surface area contributed by atoms with Crippen molar-refractivity contribution in [2.24, 2.45) is 0 Å². The summed E-state index contributed by atoms with van der Waals surface area (Å²) in [6.07, 6.45) is 0.488. The van der Waals surface area contributed by atoms with Gasteiger partial charge in [0.05, 0.1) is 18.1 Å². The van der Waals surface area contributed by atoms with Crippen molar-refractivity contribution >= 4 is 28.2 Å². The third-order valence-corrected chi connectivity index (χ3v) is 5.32. The number of nitrogens with zero attached hydrogens (tertiary/aromatic N) is 2. The topological polar surface area (TPSA) is 54.5 Å². The fourth-order valence-electron chi connectivity index (χ4n) is 2.95. The van der Waals surface area contributed by atoms with E-state index >= 15 is 0 Å². The van der Waals surface area contributed by atoms with Gasteiger partial charge in [-0.15, -0.1) is 0 Å². The van der Waals surface area contributed by atoms with E-state index < -0.39 is 0 Å². The first kappa shape index (κ1) is 13.7. The predicted octanol–water partition coefficient (Wildman–Crippen LogP) is 2.45. The molecule has 6 heteroatoms. The number of aromatic nitrogens is 1. The monoisotopic (exact) mass is 315 g/mol. The largest absolute Gasteiger partial charge is 0.378 e. The van der Waals surface area contributed by atoms with Crippen LogP contribution in [0.2, 0.25) is 0 Å². The molecule has 2 aromatic rings. The number of carbonyl (C=O) groups excluding carboxylic acids is 1. The van der Waals surface area contributed by atoms with Crippen molar-refractivity contribution in [1.82, 2.24) is 4.98 Å². The fraction of sp³-hybridized carbons (Fsp3) is 0.375. The number of hydrogen-bond acceptors (Lipinski definition) is 5. The van der Waals surface area contributed by atoms with Gasteiger partial charge in [-0.25, -0.2) is 4.98 Å². The summed E-state index contributed by atoms with van der Waals surface area (Å²) in [5.41, 5.74) is 1.18. The van der Waals surface area contributed by atoms with Crippen molar-refractivity contribution in [3.63, 3.8) is 0 Å². The Morgan fingerprint density at radius 1 is 1.23 bits per heavy atom. The third-order valence-electron chi connectivity index (χ3n) is 4.09. The van der Waals surface area contributed by atoms with Gasteiger partial charge in [0.15, 0.2) is 5.13 Å². The minimum absolute atomic E-state index is 0.0418. The number of nitrogens with one attached hydrogen (secondary N) is 1. The van der Waals surface area contributed by atoms with Gasteiger partial charge < -0.3 is 15.0 Å². The summed E-state index contributed by atoms with van der Waals surface area (Å²) in [6, 6.07) is 10.2. The molecule has 5 nitrogen and oxygen atoms in total. The number of anilines is 2. The highest BCUT2D eigenvalue weighted by molar-refractivity contribution is 7.16. The molecular formula is C16H17N3O2S. The number of carbonyl (C=O) groups is 1. The van der Waals surface area contributed by atoms with Gasteiger partial charge in [0, 0.05) is 25.4 Å². The van der Waals surface area contributed by atoms with E-state index in [1.54, 1.807) is 11.3 Å². The maximum absolute atomic E-state index is 12.0. The summed E-state index contributed by atoms with van der Waals surface area (Å²) < 4.78 is 5.40. The van der Waals surface area contributed by atoms with Crippen molar-refractivity contribution in [2.75, 3.05) is 36.5 Å². The quantitative estimate of drug-likeness (QED) is 0.925. The second-order valence-electron chi connectivity index (χ2n) is 5.52. The first-order chi connectivity index (χ1) is 10.8. The summed E-state index contributed by atoms with van der Waals surface area (Å²) >= 11 is 1.69. The van der Waals surface area contributed by atoms with Crippen LogP contribution >= 0.6 is 11.3 Å². The average molecular weight is 315 g/mol. The number of hydrogen-bond donors (Lipinski definition) is 1. The Morgan fingerprint density at radius 3 is 2.77 bits per heavy atom. The molecule has 0 bridgehead atoms. The van der Waals surface area contributed by atoms with Crippen LogP contribution in [-0.2, 0) is 9.53 Å². The van der Waals surface area contributed by atoms with E-state index in [2.05, 4.69) is 27.3 Å². The molecule has 4 rings (SSSR count). The lowest BCUT2D eigenvalue weighted by molar-refractivity contribution is -0.116. The van der Waals surface area contributed by atoms with Gasteiger partial charge in [-0.3, -0.25) is 4.79 Å². The Balaban J connectivity index is 1.70. The molecule has 1 aromatic carbocycles. The van der Waals surface area contributed by atoms with E-state index in [9.17, 15) is 4.79 Å². The first-order valence-electron chi connectivity index (χ1n) is 7.49. The number of morpholine rings is 1. The molecule has 1 saturated heterocycles. The van der Waals surface area contributed by atoms with Gasteiger partial charge in [-0.1, -0.05) is 41.7 Å². The molecule has 0 aliphatic carbocycles. The minimum Gasteiger partial charge on any atom is -0.378 e. The van der Waals surface area contributed by atoms with E-state index in [0.29, 0.717) is 6.42 Å². The van der Waals surface area contributed by atoms with Crippen molar-refractivity contribution in [1.29, 1.82) is 0 Å². The highest BCUT2D eigenvalue weighted by Gasteiger charge is 2.31. The van der Waals surface area contributed by atoms with Gasteiger partial charge in [0.1, 0.15) is 5.82 Å². The molecule has 2 aliphatic rings. The SMILES string of the molecule is O=C1C[C@H](c2ccccc2)c2sc(N3CCOCC3)nc2N1. The minimum atomic E-state index is 0.0418. The summed E-state index contributed by atoms with van der Waals surface area (Å²) in [6.45, 7) is 3.18. The molecule has 22 heavy (non-hydrogen) atoms. The lowest BCUT2D eigenvalue weighted by Gasteiger charge is -2.26. The van der Waals surface area contributed by atoms with Crippen LogP contribution in [-0.4, -0.2) is 37.2 Å². The van der Waals surface area contributed by atoms with Crippen LogP contribution in [0.3, 0.4) is 0 Å². The first-order valence-corrected chi connectivity index (χ1v) is 8.31. The van der Waals surface area contributed by atoms with E-state index in [1.807, 2.05) is 18.2 Å². The van der Waals surface area contributed by atoms with E-state index in [0.717, 1.165) is 42.1 Å². The Bertz CT molecular complexity index is 680. The molecule has 1 N–H and O–H groups in total. The van der Waals surface area contributed by atoms with E-state index in [1.165, 1.54) is 5.56 Å². The number of rotatable bonds is 2. The number of amides is 1. The van der Waals surface area contributed by atoms with Crippen molar-refractivity contribution < 1.29 is 9.53 Å². The van der Waals surface area contributed by atoms with Crippen molar-refractivity contribution in [3.8, 4) is 0 Å².